The molecule has 0 unspecified atom stereocenters. The topological polar surface area (TPSA) is 56.5 Å². The van der Waals surface area contributed by atoms with Crippen LogP contribution < -0.4 is 20.5 Å². The first kappa shape index (κ1) is 14.2. The Bertz CT molecular complexity index is 401. The standard InChI is InChI=1S/C15H24N2O2/c1-18-14-5-3-4-11(15(14)19-2)10-17-13-8-6-12(16)7-9-13/h3-5,12-13,17H,6-10,16H2,1-2H3. The van der Waals surface area contributed by atoms with Crippen LogP contribution in [0.4, 0.5) is 0 Å². The number of ether oxygens (including phenoxy) is 2. The molecule has 0 aromatic heterocycles. The highest BCUT2D eigenvalue weighted by Crippen LogP contribution is 2.30. The second-order valence-corrected chi connectivity index (χ2v) is 5.15. The van der Waals surface area contributed by atoms with E-state index in [0.29, 0.717) is 12.1 Å². The number of rotatable bonds is 5. The van der Waals surface area contributed by atoms with E-state index < -0.39 is 0 Å². The van der Waals surface area contributed by atoms with E-state index in [-0.39, 0.29) is 0 Å². The third-order valence-electron chi connectivity index (χ3n) is 3.84. The van der Waals surface area contributed by atoms with E-state index in [0.717, 1.165) is 49.3 Å². The van der Waals surface area contributed by atoms with Crippen molar-refractivity contribution in [2.45, 2.75) is 44.3 Å². The summed E-state index contributed by atoms with van der Waals surface area (Å²) in [7, 11) is 3.35. The van der Waals surface area contributed by atoms with Gasteiger partial charge in [-0.2, -0.15) is 0 Å². The minimum Gasteiger partial charge on any atom is -0.493 e. The molecule has 0 aliphatic heterocycles. The maximum Gasteiger partial charge on any atom is 0.165 e. The van der Waals surface area contributed by atoms with Gasteiger partial charge < -0.3 is 20.5 Å². The lowest BCUT2D eigenvalue weighted by atomic mass is 9.92. The molecule has 1 aliphatic rings. The van der Waals surface area contributed by atoms with Crippen LogP contribution in [0.2, 0.25) is 0 Å². The largest absolute Gasteiger partial charge is 0.493 e. The molecule has 0 radical (unpaired) electrons. The van der Waals surface area contributed by atoms with Gasteiger partial charge in [-0.3, -0.25) is 0 Å². The summed E-state index contributed by atoms with van der Waals surface area (Å²) >= 11 is 0. The number of hydrogen-bond donors (Lipinski definition) is 2. The molecule has 0 amide bonds. The van der Waals surface area contributed by atoms with Gasteiger partial charge in [0, 0.05) is 24.2 Å². The zero-order chi connectivity index (χ0) is 13.7. The molecule has 0 saturated heterocycles. The quantitative estimate of drug-likeness (QED) is 0.854. The van der Waals surface area contributed by atoms with Crippen molar-refractivity contribution in [1.82, 2.24) is 5.32 Å². The van der Waals surface area contributed by atoms with Crippen LogP contribution in [0.5, 0.6) is 11.5 Å². The summed E-state index contributed by atoms with van der Waals surface area (Å²) in [6.45, 7) is 0.806. The molecule has 1 saturated carbocycles. The molecule has 3 N–H and O–H groups in total. The highest BCUT2D eigenvalue weighted by molar-refractivity contribution is 5.46. The van der Waals surface area contributed by atoms with E-state index in [1.807, 2.05) is 12.1 Å². The van der Waals surface area contributed by atoms with Crippen LogP contribution in [0.25, 0.3) is 0 Å². The zero-order valence-electron chi connectivity index (χ0n) is 11.8. The van der Waals surface area contributed by atoms with Gasteiger partial charge in [-0.15, -0.1) is 0 Å². The van der Waals surface area contributed by atoms with Gasteiger partial charge in [0.15, 0.2) is 11.5 Å². The van der Waals surface area contributed by atoms with Crippen molar-refractivity contribution in [1.29, 1.82) is 0 Å². The van der Waals surface area contributed by atoms with Crippen LogP contribution in [-0.4, -0.2) is 26.3 Å². The van der Waals surface area contributed by atoms with E-state index in [1.165, 1.54) is 0 Å². The average molecular weight is 264 g/mol. The van der Waals surface area contributed by atoms with Gasteiger partial charge in [-0.25, -0.2) is 0 Å². The number of nitrogens with one attached hydrogen (secondary N) is 1. The van der Waals surface area contributed by atoms with Crippen LogP contribution in [0.15, 0.2) is 18.2 Å². The van der Waals surface area contributed by atoms with Crippen LogP contribution in [0.3, 0.4) is 0 Å². The lowest BCUT2D eigenvalue weighted by Gasteiger charge is -2.27. The molecule has 0 heterocycles. The first-order valence-corrected chi connectivity index (χ1v) is 6.93. The summed E-state index contributed by atoms with van der Waals surface area (Å²) in [5.41, 5.74) is 7.06. The van der Waals surface area contributed by atoms with Crippen molar-refractivity contribution in [2.24, 2.45) is 5.73 Å². The monoisotopic (exact) mass is 264 g/mol. The van der Waals surface area contributed by atoms with Gasteiger partial charge in [0.05, 0.1) is 14.2 Å². The van der Waals surface area contributed by atoms with E-state index >= 15 is 0 Å². The van der Waals surface area contributed by atoms with Crippen molar-refractivity contribution in [2.75, 3.05) is 14.2 Å². The maximum atomic E-state index is 5.92. The molecule has 0 spiro atoms. The molecular formula is C15H24N2O2. The molecule has 1 fully saturated rings. The Labute approximate surface area is 115 Å². The van der Waals surface area contributed by atoms with Crippen LogP contribution in [-0.2, 0) is 6.54 Å². The second-order valence-electron chi connectivity index (χ2n) is 5.15. The Hall–Kier alpha value is -1.26. The number of hydrogen-bond acceptors (Lipinski definition) is 4. The van der Waals surface area contributed by atoms with Gasteiger partial charge in [0.1, 0.15) is 0 Å². The molecule has 4 nitrogen and oxygen atoms in total. The molecule has 1 aromatic carbocycles. The number of para-hydroxylation sites is 1. The van der Waals surface area contributed by atoms with Crippen molar-refractivity contribution in [3.05, 3.63) is 23.8 Å². The molecule has 4 heteroatoms. The molecule has 19 heavy (non-hydrogen) atoms. The van der Waals surface area contributed by atoms with E-state index in [2.05, 4.69) is 11.4 Å². The van der Waals surface area contributed by atoms with E-state index in [4.69, 9.17) is 15.2 Å². The Morgan fingerprint density at radius 2 is 1.89 bits per heavy atom. The summed E-state index contributed by atoms with van der Waals surface area (Å²) in [4.78, 5) is 0. The van der Waals surface area contributed by atoms with Gasteiger partial charge in [0.25, 0.3) is 0 Å². The SMILES string of the molecule is COc1cccc(CNC2CCC(N)CC2)c1OC. The number of benzene rings is 1. The van der Waals surface area contributed by atoms with Crippen LogP contribution in [0.1, 0.15) is 31.2 Å². The second kappa shape index (κ2) is 6.78. The number of nitrogens with two attached hydrogens (primary N) is 1. The minimum atomic E-state index is 0.393. The van der Waals surface area contributed by atoms with E-state index in [9.17, 15) is 0 Å². The molecule has 2 rings (SSSR count). The molecule has 106 valence electrons. The Morgan fingerprint density at radius 3 is 2.53 bits per heavy atom. The summed E-state index contributed by atoms with van der Waals surface area (Å²) in [5.74, 6) is 1.61. The Kier molecular flexibility index (Phi) is 5.05. The molecule has 1 aliphatic carbocycles. The van der Waals surface area contributed by atoms with Crippen molar-refractivity contribution in [3.8, 4) is 11.5 Å². The first-order chi connectivity index (χ1) is 9.24. The Morgan fingerprint density at radius 1 is 1.16 bits per heavy atom. The maximum absolute atomic E-state index is 5.92. The highest BCUT2D eigenvalue weighted by Gasteiger charge is 2.18. The van der Waals surface area contributed by atoms with Crippen LogP contribution in [0, 0.1) is 0 Å². The summed E-state index contributed by atoms with van der Waals surface area (Å²) in [6, 6.07) is 6.94. The fraction of sp³-hybridized carbons (Fsp3) is 0.600. The molecule has 1 aromatic rings. The highest BCUT2D eigenvalue weighted by atomic mass is 16.5. The summed E-state index contributed by atoms with van der Waals surface area (Å²) in [5, 5.41) is 3.59. The lowest BCUT2D eigenvalue weighted by molar-refractivity contribution is 0.332. The van der Waals surface area contributed by atoms with Crippen molar-refractivity contribution >= 4 is 0 Å². The van der Waals surface area contributed by atoms with Crippen molar-refractivity contribution < 1.29 is 9.47 Å². The normalized spacial score (nSPS) is 23.1. The fourth-order valence-corrected chi connectivity index (χ4v) is 2.67. The minimum absolute atomic E-state index is 0.393. The smallest absolute Gasteiger partial charge is 0.165 e. The zero-order valence-corrected chi connectivity index (χ0v) is 11.8. The number of methoxy groups -OCH3 is 2. The van der Waals surface area contributed by atoms with Gasteiger partial charge in [-0.1, -0.05) is 12.1 Å². The third-order valence-corrected chi connectivity index (χ3v) is 3.84. The third kappa shape index (κ3) is 3.61. The lowest BCUT2D eigenvalue weighted by Crippen LogP contribution is -2.37. The van der Waals surface area contributed by atoms with E-state index in [1.54, 1.807) is 14.2 Å². The Balaban J connectivity index is 1.95. The van der Waals surface area contributed by atoms with Crippen molar-refractivity contribution in [3.63, 3.8) is 0 Å². The van der Waals surface area contributed by atoms with Gasteiger partial charge in [-0.05, 0) is 31.7 Å². The summed E-state index contributed by atoms with van der Waals surface area (Å²) < 4.78 is 10.8. The molecule has 0 atom stereocenters. The molecular weight excluding hydrogens is 240 g/mol. The first-order valence-electron chi connectivity index (χ1n) is 6.93. The molecule has 0 bridgehead atoms. The fourth-order valence-electron chi connectivity index (χ4n) is 2.67. The predicted octanol–water partition coefficient (Wildman–Crippen LogP) is 2.06. The van der Waals surface area contributed by atoms with Gasteiger partial charge in [0.2, 0.25) is 0 Å². The van der Waals surface area contributed by atoms with Gasteiger partial charge >= 0.3 is 0 Å². The summed E-state index contributed by atoms with van der Waals surface area (Å²) in [6.07, 6.45) is 4.56. The predicted molar refractivity (Wildman–Crippen MR) is 76.6 cm³/mol. The van der Waals surface area contributed by atoms with Crippen LogP contribution >= 0.6 is 0 Å². The average Bonchev–Trinajstić information content (AvgIpc) is 2.46.